The summed E-state index contributed by atoms with van der Waals surface area (Å²) >= 11 is 0. The molecule has 0 spiro atoms. The highest BCUT2D eigenvalue weighted by atomic mass is 16.5. The number of aromatic hydroxyl groups is 3. The van der Waals surface area contributed by atoms with Crippen LogP contribution in [0.25, 0.3) is 0 Å². The molecular formula is C22H24O11. The number of phenolic OH excluding ortho intramolecular Hbond substituents is 3. The van der Waals surface area contributed by atoms with Gasteiger partial charge in [-0.15, -0.1) is 0 Å². The molecule has 11 nitrogen and oxygen atoms in total. The molecule has 33 heavy (non-hydrogen) atoms. The van der Waals surface area contributed by atoms with Gasteiger partial charge in [-0.25, -0.2) is 0 Å². The van der Waals surface area contributed by atoms with Crippen LogP contribution >= 0.6 is 0 Å². The third-order valence-corrected chi connectivity index (χ3v) is 5.94. The van der Waals surface area contributed by atoms with Gasteiger partial charge in [-0.1, -0.05) is 6.07 Å². The van der Waals surface area contributed by atoms with Crippen LogP contribution in [0.3, 0.4) is 0 Å². The summed E-state index contributed by atoms with van der Waals surface area (Å²) in [5, 5.41) is 71.0. The second kappa shape index (κ2) is 8.69. The second-order valence-electron chi connectivity index (χ2n) is 7.95. The molecule has 0 aliphatic carbocycles. The van der Waals surface area contributed by atoms with E-state index >= 15 is 0 Å². The minimum absolute atomic E-state index is 0.124. The van der Waals surface area contributed by atoms with Gasteiger partial charge in [0.1, 0.15) is 59.4 Å². The Balaban J connectivity index is 1.81. The van der Waals surface area contributed by atoms with Gasteiger partial charge < -0.3 is 50.0 Å². The van der Waals surface area contributed by atoms with Crippen LogP contribution in [-0.2, 0) is 4.74 Å². The Hall–Kier alpha value is -3.09. The van der Waals surface area contributed by atoms with Crippen molar-refractivity contribution in [3.63, 3.8) is 0 Å². The van der Waals surface area contributed by atoms with Gasteiger partial charge in [0.2, 0.25) is 0 Å². The lowest BCUT2D eigenvalue weighted by Gasteiger charge is -2.41. The average Bonchev–Trinajstić information content (AvgIpc) is 2.78. The molecule has 0 bridgehead atoms. The summed E-state index contributed by atoms with van der Waals surface area (Å²) in [5.74, 6) is -1.93. The highest BCUT2D eigenvalue weighted by Crippen LogP contribution is 2.50. The van der Waals surface area contributed by atoms with Crippen molar-refractivity contribution in [3.05, 3.63) is 41.0 Å². The van der Waals surface area contributed by atoms with Gasteiger partial charge in [0.15, 0.2) is 17.3 Å². The standard InChI is InChI=1S/C22H24O11/c1-31-14-4-8(2-3-9(14)24)13-6-12(27)16-10(25)5-11(26)17(21(16)32-13)22-20(30)19(29)18(28)15(7-23)33-22/h2-5,13,15,18-20,22-26,28-30H,6-7H2,1H3/t13?,15-,18-,19+,20-,22+/m1/s1. The van der Waals surface area contributed by atoms with Crippen LogP contribution in [0.5, 0.6) is 28.7 Å². The number of aliphatic hydroxyl groups excluding tert-OH is 4. The molecule has 7 N–H and O–H groups in total. The van der Waals surface area contributed by atoms with Crippen molar-refractivity contribution in [2.24, 2.45) is 0 Å². The van der Waals surface area contributed by atoms with Gasteiger partial charge in [0, 0.05) is 6.07 Å². The van der Waals surface area contributed by atoms with E-state index < -0.39 is 60.5 Å². The summed E-state index contributed by atoms with van der Waals surface area (Å²) < 4.78 is 16.6. The highest BCUT2D eigenvalue weighted by Gasteiger charge is 2.47. The molecular weight excluding hydrogens is 440 g/mol. The van der Waals surface area contributed by atoms with Gasteiger partial charge in [-0.3, -0.25) is 4.79 Å². The highest BCUT2D eigenvalue weighted by molar-refractivity contribution is 6.03. The molecule has 1 saturated heterocycles. The van der Waals surface area contributed by atoms with E-state index in [1.165, 1.54) is 25.3 Å². The Labute approximate surface area is 187 Å². The van der Waals surface area contributed by atoms with E-state index in [9.17, 15) is 40.5 Å². The molecule has 11 heteroatoms. The molecule has 2 aromatic rings. The maximum atomic E-state index is 12.9. The van der Waals surface area contributed by atoms with E-state index in [2.05, 4.69) is 0 Å². The predicted octanol–water partition coefficient (Wildman–Crippen LogP) is 0.0334. The Morgan fingerprint density at radius 2 is 1.73 bits per heavy atom. The normalized spacial score (nSPS) is 29.3. The van der Waals surface area contributed by atoms with Gasteiger partial charge in [0.05, 0.1) is 25.7 Å². The Kier molecular flexibility index (Phi) is 6.08. The summed E-state index contributed by atoms with van der Waals surface area (Å²) in [5.41, 5.74) is -0.0310. The van der Waals surface area contributed by atoms with Crippen LogP contribution < -0.4 is 9.47 Å². The third kappa shape index (κ3) is 3.83. The van der Waals surface area contributed by atoms with Crippen LogP contribution in [0, 0.1) is 0 Å². The maximum absolute atomic E-state index is 12.9. The number of rotatable bonds is 4. The fraction of sp³-hybridized carbons (Fsp3) is 0.409. The summed E-state index contributed by atoms with van der Waals surface area (Å²) in [6.07, 6.45) is -8.99. The van der Waals surface area contributed by atoms with E-state index in [0.717, 1.165) is 6.07 Å². The number of fused-ring (bicyclic) bond motifs is 1. The van der Waals surface area contributed by atoms with Crippen LogP contribution in [0.2, 0.25) is 0 Å². The minimum atomic E-state index is -1.75. The lowest BCUT2D eigenvalue weighted by molar-refractivity contribution is -0.232. The van der Waals surface area contributed by atoms with Crippen LogP contribution in [0.15, 0.2) is 24.3 Å². The Morgan fingerprint density at radius 1 is 1.00 bits per heavy atom. The monoisotopic (exact) mass is 464 g/mol. The number of aliphatic hydroxyl groups is 4. The first kappa shape index (κ1) is 23.1. The number of ether oxygens (including phenoxy) is 3. The van der Waals surface area contributed by atoms with E-state index in [4.69, 9.17) is 14.2 Å². The predicted molar refractivity (Wildman–Crippen MR) is 109 cm³/mol. The second-order valence-corrected chi connectivity index (χ2v) is 7.95. The van der Waals surface area contributed by atoms with Crippen molar-refractivity contribution < 1.29 is 54.8 Å². The minimum Gasteiger partial charge on any atom is -0.507 e. The van der Waals surface area contributed by atoms with E-state index in [0.29, 0.717) is 5.56 Å². The first-order chi connectivity index (χ1) is 15.7. The largest absolute Gasteiger partial charge is 0.507 e. The Morgan fingerprint density at radius 3 is 2.39 bits per heavy atom. The summed E-state index contributed by atoms with van der Waals surface area (Å²) in [6.45, 7) is -0.696. The lowest BCUT2D eigenvalue weighted by Crippen LogP contribution is -2.55. The van der Waals surface area contributed by atoms with E-state index in [1.807, 2.05) is 0 Å². The van der Waals surface area contributed by atoms with Crippen LogP contribution in [0.1, 0.15) is 40.1 Å². The van der Waals surface area contributed by atoms with E-state index in [1.54, 1.807) is 0 Å². The van der Waals surface area contributed by atoms with Gasteiger partial charge in [-0.2, -0.15) is 0 Å². The molecule has 6 atom stereocenters. The number of methoxy groups -OCH3 is 1. The smallest absolute Gasteiger partial charge is 0.174 e. The van der Waals surface area contributed by atoms with Gasteiger partial charge in [-0.05, 0) is 17.7 Å². The number of hydrogen-bond donors (Lipinski definition) is 7. The number of hydrogen-bond acceptors (Lipinski definition) is 11. The molecule has 1 fully saturated rings. The zero-order valence-corrected chi connectivity index (χ0v) is 17.5. The van der Waals surface area contributed by atoms with Crippen molar-refractivity contribution in [1.82, 2.24) is 0 Å². The quantitative estimate of drug-likeness (QED) is 0.324. The zero-order valence-electron chi connectivity index (χ0n) is 17.5. The number of Topliss-reactive ketones (excluding diaryl/α,β-unsaturated/α-hetero) is 1. The summed E-state index contributed by atoms with van der Waals surface area (Å²) in [7, 11) is 1.36. The molecule has 1 unspecified atom stereocenters. The molecule has 2 aromatic carbocycles. The molecule has 2 aliphatic heterocycles. The number of benzene rings is 2. The zero-order chi connectivity index (χ0) is 24.0. The molecule has 0 amide bonds. The summed E-state index contributed by atoms with van der Waals surface area (Å²) in [4.78, 5) is 12.9. The third-order valence-electron chi connectivity index (χ3n) is 5.94. The number of ketones is 1. The Bertz CT molecular complexity index is 1070. The van der Waals surface area contributed by atoms with Crippen molar-refractivity contribution in [1.29, 1.82) is 0 Å². The molecule has 0 saturated carbocycles. The number of carbonyl (C=O) groups excluding carboxylic acids is 1. The van der Waals surface area contributed by atoms with Gasteiger partial charge >= 0.3 is 0 Å². The lowest BCUT2D eigenvalue weighted by atomic mass is 9.87. The van der Waals surface area contributed by atoms with Crippen molar-refractivity contribution in [2.75, 3.05) is 13.7 Å². The topological polar surface area (TPSA) is 186 Å². The molecule has 2 aliphatic rings. The fourth-order valence-electron chi connectivity index (χ4n) is 4.19. The fourth-order valence-corrected chi connectivity index (χ4v) is 4.19. The molecule has 2 heterocycles. The number of phenols is 3. The average molecular weight is 464 g/mol. The molecule has 178 valence electrons. The van der Waals surface area contributed by atoms with Crippen molar-refractivity contribution in [3.8, 4) is 28.7 Å². The maximum Gasteiger partial charge on any atom is 0.174 e. The van der Waals surface area contributed by atoms with E-state index in [-0.39, 0.29) is 34.8 Å². The summed E-state index contributed by atoms with van der Waals surface area (Å²) in [6, 6.07) is 5.22. The molecule has 4 rings (SSSR count). The number of carbonyl (C=O) groups is 1. The first-order valence-corrected chi connectivity index (χ1v) is 10.1. The first-order valence-electron chi connectivity index (χ1n) is 10.1. The molecule has 0 radical (unpaired) electrons. The van der Waals surface area contributed by atoms with Crippen molar-refractivity contribution in [2.45, 2.75) is 43.0 Å². The van der Waals surface area contributed by atoms with Gasteiger partial charge in [0.25, 0.3) is 0 Å². The van der Waals surface area contributed by atoms with Crippen LogP contribution in [0.4, 0.5) is 0 Å². The SMILES string of the molecule is COc1cc(C2CC(=O)c3c(O)cc(O)c([C@@H]4O[C@H](CO)[C@@H](O)[C@H](O)[C@H]4O)c3O2)ccc1O. The molecule has 0 aromatic heterocycles. The van der Waals surface area contributed by atoms with Crippen LogP contribution in [-0.4, -0.2) is 79.7 Å². The van der Waals surface area contributed by atoms with Crippen molar-refractivity contribution >= 4 is 5.78 Å².